The zero-order chi connectivity index (χ0) is 29.6. The van der Waals surface area contributed by atoms with Crippen molar-refractivity contribution in [2.75, 3.05) is 19.6 Å². The predicted molar refractivity (Wildman–Crippen MR) is 158 cm³/mol. The molecule has 0 aromatic rings. The van der Waals surface area contributed by atoms with Crippen LogP contribution in [0.1, 0.15) is 70.6 Å². The molecule has 3 spiro atoms. The fourth-order valence-electron chi connectivity index (χ4n) is 13.8. The summed E-state index contributed by atoms with van der Waals surface area (Å²) in [6, 6.07) is 1.50. The Balaban J connectivity index is 1.02. The highest BCUT2D eigenvalue weighted by Gasteiger charge is 2.71. The topological polar surface area (TPSA) is 88.6 Å². The third kappa shape index (κ3) is 2.71. The second-order valence-corrected chi connectivity index (χ2v) is 16.3. The first-order valence-corrected chi connectivity index (χ1v) is 17.8. The van der Waals surface area contributed by atoms with Crippen LogP contribution < -0.4 is 0 Å². The summed E-state index contributed by atoms with van der Waals surface area (Å²) in [4.78, 5) is 48.0. The maximum Gasteiger partial charge on any atom is 0.335 e. The molecule has 0 N–H and O–H groups in total. The average molecular weight is 610 g/mol. The number of nitrogens with zero attached hydrogens (tertiary/aromatic N) is 3. The standard InChI is InChI=1S/C36H39N3O6/c40-30-11-18-10-22(26-16-34(18,43-30)27-4-2-9-39(26)27)32-24-13-21(25-17-36(24,45-33(32)42)29-6-3-8-38(25)29)20-12-19-15-35(23(20)14-31(41)44-35)28-5-1-7-37(19)28/h11-12,14,19,21-22,25-29H,1-10,13,15-17H2/t19-,21?,22-,25+,26-,27-,28-,29-,34-,35+,36+/m1/s1. The van der Waals surface area contributed by atoms with E-state index in [-0.39, 0.29) is 60.0 Å². The van der Waals surface area contributed by atoms with Gasteiger partial charge in [0.05, 0.1) is 18.1 Å². The molecule has 9 heteroatoms. The van der Waals surface area contributed by atoms with E-state index in [4.69, 9.17) is 14.2 Å². The molecule has 45 heavy (non-hydrogen) atoms. The van der Waals surface area contributed by atoms with Crippen LogP contribution >= 0.6 is 0 Å². The van der Waals surface area contributed by atoms with E-state index in [2.05, 4.69) is 20.8 Å². The first kappa shape index (κ1) is 25.4. The first-order chi connectivity index (χ1) is 21.9. The van der Waals surface area contributed by atoms with Crippen LogP contribution in [0.3, 0.4) is 0 Å². The molecule has 2 saturated carbocycles. The van der Waals surface area contributed by atoms with Crippen LogP contribution in [-0.4, -0.2) is 105 Å². The SMILES string of the molecule is O=C1C=C2C(C3CC4=C([C@@H]5CC6=CC(=O)O[C@]67C[C@H]5N5CCC[C@@H]57)C(=O)O[C@@]45C[C@@H]3N3CCC[C@@H]35)=C[C@@H]3C[C@@]2(O1)[C@H]1CCCN31. The molecule has 0 aromatic heterocycles. The molecule has 3 aliphatic carbocycles. The van der Waals surface area contributed by atoms with Crippen molar-refractivity contribution < 1.29 is 28.6 Å². The monoisotopic (exact) mass is 609 g/mol. The van der Waals surface area contributed by atoms with Gasteiger partial charge >= 0.3 is 17.9 Å². The van der Waals surface area contributed by atoms with Crippen LogP contribution in [0, 0.1) is 11.8 Å². The number of carbonyl (C=O) groups is 3. The van der Waals surface area contributed by atoms with Crippen LogP contribution in [-0.2, 0) is 28.6 Å². The van der Waals surface area contributed by atoms with Gasteiger partial charge in [-0.1, -0.05) is 6.08 Å². The lowest BCUT2D eigenvalue weighted by Gasteiger charge is -2.42. The summed E-state index contributed by atoms with van der Waals surface area (Å²) in [5, 5.41) is 0. The summed E-state index contributed by atoms with van der Waals surface area (Å²) in [6.45, 7) is 3.10. The zero-order valence-corrected chi connectivity index (χ0v) is 25.5. The van der Waals surface area contributed by atoms with Crippen molar-refractivity contribution in [3.8, 4) is 0 Å². The molecule has 9 nitrogen and oxygen atoms in total. The molecule has 11 atom stereocenters. The van der Waals surface area contributed by atoms with Crippen LogP contribution in [0.25, 0.3) is 0 Å². The van der Waals surface area contributed by atoms with E-state index < -0.39 is 16.8 Å². The Morgan fingerprint density at radius 1 is 0.667 bits per heavy atom. The normalized spacial score (nSPS) is 51.7. The van der Waals surface area contributed by atoms with Crippen molar-refractivity contribution >= 4 is 17.9 Å². The van der Waals surface area contributed by atoms with Gasteiger partial charge in [0.15, 0.2) is 16.8 Å². The van der Waals surface area contributed by atoms with Gasteiger partial charge in [-0.15, -0.1) is 0 Å². The number of hydrogen-bond acceptors (Lipinski definition) is 9. The highest BCUT2D eigenvalue weighted by Crippen LogP contribution is 2.65. The summed E-state index contributed by atoms with van der Waals surface area (Å²) in [5.74, 6) is -0.300. The minimum atomic E-state index is -0.541. The molecular weight excluding hydrogens is 570 g/mol. The van der Waals surface area contributed by atoms with E-state index in [1.807, 2.05) is 6.08 Å². The first-order valence-electron chi connectivity index (χ1n) is 17.8. The third-order valence-corrected chi connectivity index (χ3v) is 15.0. The van der Waals surface area contributed by atoms with E-state index in [0.29, 0.717) is 12.5 Å². The van der Waals surface area contributed by atoms with E-state index in [1.54, 1.807) is 6.08 Å². The Labute approximate surface area is 262 Å². The fourth-order valence-corrected chi connectivity index (χ4v) is 13.8. The molecule has 0 amide bonds. The summed E-state index contributed by atoms with van der Waals surface area (Å²) < 4.78 is 19.2. The maximum absolute atomic E-state index is 14.4. The van der Waals surface area contributed by atoms with Crippen molar-refractivity contribution in [2.45, 2.75) is 124 Å². The Morgan fingerprint density at radius 2 is 1.31 bits per heavy atom. The lowest BCUT2D eigenvalue weighted by molar-refractivity contribution is -0.150. The van der Waals surface area contributed by atoms with Crippen LogP contribution in [0.4, 0.5) is 0 Å². The molecule has 0 aromatic carbocycles. The van der Waals surface area contributed by atoms with E-state index in [0.717, 1.165) is 101 Å². The van der Waals surface area contributed by atoms with Crippen LogP contribution in [0.5, 0.6) is 0 Å². The number of esters is 3. The van der Waals surface area contributed by atoms with Gasteiger partial charge in [-0.25, -0.2) is 14.4 Å². The van der Waals surface area contributed by atoms with Crippen LogP contribution in [0.15, 0.2) is 46.1 Å². The smallest absolute Gasteiger partial charge is 0.335 e. The molecule has 9 heterocycles. The lowest BCUT2D eigenvalue weighted by Crippen LogP contribution is -2.46. The van der Waals surface area contributed by atoms with Gasteiger partial charge in [-0.05, 0) is 87.7 Å². The summed E-state index contributed by atoms with van der Waals surface area (Å²) in [7, 11) is 0. The van der Waals surface area contributed by atoms with Crippen molar-refractivity contribution in [3.05, 3.63) is 46.1 Å². The fraction of sp³-hybridized carbons (Fsp3) is 0.694. The highest BCUT2D eigenvalue weighted by molar-refractivity contribution is 5.95. The number of carbonyl (C=O) groups excluding carboxylic acids is 3. The zero-order valence-electron chi connectivity index (χ0n) is 25.5. The van der Waals surface area contributed by atoms with E-state index in [9.17, 15) is 14.4 Å². The van der Waals surface area contributed by atoms with Gasteiger partial charge in [-0.2, -0.15) is 0 Å². The number of ether oxygens (including phenoxy) is 3. The van der Waals surface area contributed by atoms with Gasteiger partial charge in [0.2, 0.25) is 0 Å². The molecule has 234 valence electrons. The molecular formula is C36H39N3O6. The molecule has 6 saturated heterocycles. The predicted octanol–water partition coefficient (Wildman–Crippen LogP) is 2.71. The molecule has 12 rings (SSSR count). The Morgan fingerprint density at radius 3 is 2.11 bits per heavy atom. The highest BCUT2D eigenvalue weighted by atomic mass is 16.6. The quantitative estimate of drug-likeness (QED) is 0.347. The Kier molecular flexibility index (Phi) is 4.42. The summed E-state index contributed by atoms with van der Waals surface area (Å²) in [6.07, 6.45) is 16.6. The maximum atomic E-state index is 14.4. The van der Waals surface area contributed by atoms with Crippen molar-refractivity contribution in [2.24, 2.45) is 11.8 Å². The molecule has 0 radical (unpaired) electrons. The largest absolute Gasteiger partial charge is 0.450 e. The molecule has 8 fully saturated rings. The van der Waals surface area contributed by atoms with Gasteiger partial charge in [-0.3, -0.25) is 14.7 Å². The second-order valence-electron chi connectivity index (χ2n) is 16.3. The average Bonchev–Trinajstić information content (AvgIpc) is 3.85. The van der Waals surface area contributed by atoms with Gasteiger partial charge < -0.3 is 14.2 Å². The number of fused-ring (bicyclic) bond motifs is 9. The molecule has 1 unspecified atom stereocenters. The Hall–Kier alpha value is -2.75. The molecule has 12 aliphatic rings. The Bertz CT molecular complexity index is 1680. The number of rotatable bonds is 2. The minimum absolute atomic E-state index is 0.0143. The van der Waals surface area contributed by atoms with Crippen molar-refractivity contribution in [1.29, 1.82) is 0 Å². The third-order valence-electron chi connectivity index (χ3n) is 15.0. The number of hydrogen-bond donors (Lipinski definition) is 0. The van der Waals surface area contributed by atoms with Crippen molar-refractivity contribution in [1.82, 2.24) is 14.7 Å². The van der Waals surface area contributed by atoms with Gasteiger partial charge in [0, 0.05) is 72.5 Å². The summed E-state index contributed by atoms with van der Waals surface area (Å²) >= 11 is 0. The molecule has 9 aliphatic heterocycles. The summed E-state index contributed by atoms with van der Waals surface area (Å²) in [5.41, 5.74) is 4.16. The van der Waals surface area contributed by atoms with Gasteiger partial charge in [0.25, 0.3) is 0 Å². The molecule has 6 bridgehead atoms. The van der Waals surface area contributed by atoms with E-state index in [1.165, 1.54) is 11.1 Å². The minimum Gasteiger partial charge on any atom is -0.450 e. The second kappa shape index (κ2) is 7.85. The van der Waals surface area contributed by atoms with Gasteiger partial charge in [0.1, 0.15) is 0 Å². The van der Waals surface area contributed by atoms with E-state index >= 15 is 0 Å². The van der Waals surface area contributed by atoms with Crippen LogP contribution in [0.2, 0.25) is 0 Å². The lowest BCUT2D eigenvalue weighted by atomic mass is 9.63. The van der Waals surface area contributed by atoms with Crippen molar-refractivity contribution in [3.63, 3.8) is 0 Å².